The molecule has 1 saturated carbocycles. The Labute approximate surface area is 185 Å². The van der Waals surface area contributed by atoms with Gasteiger partial charge in [0.15, 0.2) is 5.96 Å². The summed E-state index contributed by atoms with van der Waals surface area (Å²) >= 11 is 0. The van der Waals surface area contributed by atoms with Gasteiger partial charge in [-0.1, -0.05) is 24.6 Å². The van der Waals surface area contributed by atoms with Gasteiger partial charge in [-0.05, 0) is 45.4 Å². The highest BCUT2D eigenvalue weighted by Gasteiger charge is 2.27. The van der Waals surface area contributed by atoms with Crippen LogP contribution in [0.5, 0.6) is 0 Å². The SMILES string of the molecule is CCNC(=NCc1coc(-c2ccc(C)cc2)n1)NCCN(CC)C1CC1.I. The van der Waals surface area contributed by atoms with Crippen molar-refractivity contribution in [3.05, 3.63) is 41.8 Å². The number of oxazole rings is 1. The quantitative estimate of drug-likeness (QED) is 0.314. The van der Waals surface area contributed by atoms with Crippen molar-refractivity contribution in [1.82, 2.24) is 20.5 Å². The predicted molar refractivity (Wildman–Crippen MR) is 125 cm³/mol. The number of aryl methyl sites for hydroxylation is 1. The first-order valence-electron chi connectivity index (χ1n) is 9.97. The molecule has 28 heavy (non-hydrogen) atoms. The van der Waals surface area contributed by atoms with Gasteiger partial charge in [-0.25, -0.2) is 9.98 Å². The number of likely N-dealkylation sites (N-methyl/N-ethyl adjacent to an activating group) is 1. The van der Waals surface area contributed by atoms with E-state index >= 15 is 0 Å². The van der Waals surface area contributed by atoms with Crippen molar-refractivity contribution in [3.63, 3.8) is 0 Å². The van der Waals surface area contributed by atoms with Gasteiger partial charge >= 0.3 is 0 Å². The normalized spacial score (nSPS) is 14.1. The highest BCUT2D eigenvalue weighted by atomic mass is 127. The van der Waals surface area contributed by atoms with Gasteiger partial charge < -0.3 is 15.1 Å². The molecule has 1 aliphatic carbocycles. The topological polar surface area (TPSA) is 65.7 Å². The molecule has 2 N–H and O–H groups in total. The lowest BCUT2D eigenvalue weighted by Gasteiger charge is -2.20. The minimum Gasteiger partial charge on any atom is -0.444 e. The average molecular weight is 497 g/mol. The Balaban J connectivity index is 0.00000280. The van der Waals surface area contributed by atoms with Gasteiger partial charge in [0.05, 0.1) is 6.54 Å². The molecular weight excluding hydrogens is 465 g/mol. The summed E-state index contributed by atoms with van der Waals surface area (Å²) in [5.74, 6) is 1.46. The van der Waals surface area contributed by atoms with E-state index in [0.29, 0.717) is 12.4 Å². The molecule has 1 fully saturated rings. The lowest BCUT2D eigenvalue weighted by atomic mass is 10.1. The Morgan fingerprint density at radius 3 is 2.61 bits per heavy atom. The van der Waals surface area contributed by atoms with Crippen LogP contribution in [0, 0.1) is 6.92 Å². The number of guanidine groups is 1. The fourth-order valence-electron chi connectivity index (χ4n) is 3.07. The Hall–Kier alpha value is -1.61. The monoisotopic (exact) mass is 497 g/mol. The molecule has 0 amide bonds. The van der Waals surface area contributed by atoms with Crippen molar-refractivity contribution in [1.29, 1.82) is 0 Å². The molecule has 0 radical (unpaired) electrons. The zero-order valence-corrected chi connectivity index (χ0v) is 19.4. The zero-order chi connectivity index (χ0) is 19.1. The molecule has 0 atom stereocenters. The second kappa shape index (κ2) is 11.4. The van der Waals surface area contributed by atoms with Gasteiger partial charge in [-0.2, -0.15) is 0 Å². The Morgan fingerprint density at radius 1 is 1.21 bits per heavy atom. The second-order valence-electron chi connectivity index (χ2n) is 6.99. The number of nitrogens with zero attached hydrogens (tertiary/aromatic N) is 3. The summed E-state index contributed by atoms with van der Waals surface area (Å²) in [5.41, 5.74) is 3.04. The molecule has 2 aromatic rings. The van der Waals surface area contributed by atoms with Crippen LogP contribution in [0.4, 0.5) is 0 Å². The van der Waals surface area contributed by atoms with E-state index in [0.717, 1.165) is 49.4 Å². The van der Waals surface area contributed by atoms with Crippen LogP contribution >= 0.6 is 24.0 Å². The number of rotatable bonds is 9. The van der Waals surface area contributed by atoms with E-state index in [1.54, 1.807) is 6.26 Å². The van der Waals surface area contributed by atoms with Gasteiger partial charge in [0.25, 0.3) is 0 Å². The molecule has 0 aliphatic heterocycles. The third-order valence-electron chi connectivity index (χ3n) is 4.75. The maximum atomic E-state index is 5.62. The zero-order valence-electron chi connectivity index (χ0n) is 17.1. The van der Waals surface area contributed by atoms with Crippen LogP contribution in [0.3, 0.4) is 0 Å². The van der Waals surface area contributed by atoms with Crippen molar-refractivity contribution < 1.29 is 4.42 Å². The van der Waals surface area contributed by atoms with Crippen LogP contribution in [0.15, 0.2) is 39.9 Å². The molecular formula is C21H32IN5O. The maximum Gasteiger partial charge on any atom is 0.226 e. The van der Waals surface area contributed by atoms with Gasteiger partial charge in [0.1, 0.15) is 12.0 Å². The van der Waals surface area contributed by atoms with Crippen molar-refractivity contribution in [2.45, 2.75) is 46.2 Å². The van der Waals surface area contributed by atoms with Gasteiger partial charge in [-0.15, -0.1) is 24.0 Å². The molecule has 154 valence electrons. The standard InChI is InChI=1S/C21H31N5O.HI/c1-4-22-21(23-12-13-26(5-2)19-10-11-19)24-14-18-15-27-20(25-18)17-8-6-16(3)7-9-17;/h6-9,15,19H,4-5,10-14H2,1-3H3,(H2,22,23,24);1H. The summed E-state index contributed by atoms with van der Waals surface area (Å²) < 4.78 is 5.62. The van der Waals surface area contributed by atoms with E-state index in [2.05, 4.69) is 58.4 Å². The smallest absolute Gasteiger partial charge is 0.226 e. The largest absolute Gasteiger partial charge is 0.444 e. The van der Waals surface area contributed by atoms with Crippen molar-refractivity contribution in [3.8, 4) is 11.5 Å². The van der Waals surface area contributed by atoms with E-state index < -0.39 is 0 Å². The Bertz CT molecular complexity index is 740. The number of hydrogen-bond acceptors (Lipinski definition) is 4. The molecule has 0 unspecified atom stereocenters. The number of benzene rings is 1. The highest BCUT2D eigenvalue weighted by Crippen LogP contribution is 2.25. The number of nitrogens with one attached hydrogen (secondary N) is 2. The molecule has 1 aromatic heterocycles. The first-order valence-corrected chi connectivity index (χ1v) is 9.97. The molecule has 3 rings (SSSR count). The summed E-state index contributed by atoms with van der Waals surface area (Å²) in [4.78, 5) is 11.7. The van der Waals surface area contributed by atoms with Crippen LogP contribution in [0.1, 0.15) is 37.9 Å². The van der Waals surface area contributed by atoms with E-state index in [4.69, 9.17) is 4.42 Å². The number of aliphatic imine (C=N–C) groups is 1. The number of hydrogen-bond donors (Lipinski definition) is 2. The van der Waals surface area contributed by atoms with Gasteiger partial charge in [-0.3, -0.25) is 4.90 Å². The summed E-state index contributed by atoms with van der Waals surface area (Å²) in [7, 11) is 0. The molecule has 7 heteroatoms. The van der Waals surface area contributed by atoms with Crippen LogP contribution < -0.4 is 10.6 Å². The summed E-state index contributed by atoms with van der Waals surface area (Å²) in [5, 5.41) is 6.72. The molecule has 1 aliphatic rings. The first kappa shape index (κ1) is 22.7. The maximum absolute atomic E-state index is 5.62. The predicted octanol–water partition coefficient (Wildman–Crippen LogP) is 3.81. The highest BCUT2D eigenvalue weighted by molar-refractivity contribution is 14.0. The van der Waals surface area contributed by atoms with Gasteiger partial charge in [0, 0.05) is 31.2 Å². The summed E-state index contributed by atoms with van der Waals surface area (Å²) in [6.45, 7) is 10.7. The van der Waals surface area contributed by atoms with Crippen LogP contribution in [0.25, 0.3) is 11.5 Å². The Morgan fingerprint density at radius 2 is 1.96 bits per heavy atom. The molecule has 0 spiro atoms. The molecule has 1 heterocycles. The van der Waals surface area contributed by atoms with E-state index in [-0.39, 0.29) is 24.0 Å². The van der Waals surface area contributed by atoms with Crippen LogP contribution in [-0.4, -0.2) is 48.1 Å². The lowest BCUT2D eigenvalue weighted by Crippen LogP contribution is -2.42. The summed E-state index contributed by atoms with van der Waals surface area (Å²) in [6.07, 6.45) is 4.38. The fourth-order valence-corrected chi connectivity index (χ4v) is 3.07. The summed E-state index contributed by atoms with van der Waals surface area (Å²) in [6, 6.07) is 8.97. The Kier molecular flexibility index (Phi) is 9.24. The first-order chi connectivity index (χ1) is 13.2. The van der Waals surface area contributed by atoms with Crippen molar-refractivity contribution in [2.75, 3.05) is 26.2 Å². The van der Waals surface area contributed by atoms with Crippen molar-refractivity contribution in [2.24, 2.45) is 4.99 Å². The average Bonchev–Trinajstić information content (AvgIpc) is 3.41. The number of aromatic nitrogens is 1. The second-order valence-corrected chi connectivity index (χ2v) is 6.99. The molecule has 0 bridgehead atoms. The van der Waals surface area contributed by atoms with Crippen molar-refractivity contribution >= 4 is 29.9 Å². The van der Waals surface area contributed by atoms with E-state index in [1.807, 2.05) is 12.1 Å². The fraction of sp³-hybridized carbons (Fsp3) is 0.524. The van der Waals surface area contributed by atoms with Gasteiger partial charge in [0.2, 0.25) is 5.89 Å². The molecule has 1 aromatic carbocycles. The van der Waals surface area contributed by atoms with E-state index in [9.17, 15) is 0 Å². The minimum atomic E-state index is 0. The lowest BCUT2D eigenvalue weighted by molar-refractivity contribution is 0.282. The molecule has 6 nitrogen and oxygen atoms in total. The van der Waals surface area contributed by atoms with Crippen LogP contribution in [-0.2, 0) is 6.54 Å². The third-order valence-corrected chi connectivity index (χ3v) is 4.75. The third kappa shape index (κ3) is 6.77. The van der Waals surface area contributed by atoms with E-state index in [1.165, 1.54) is 18.4 Å². The molecule has 0 saturated heterocycles. The minimum absolute atomic E-state index is 0. The van der Waals surface area contributed by atoms with Crippen LogP contribution in [0.2, 0.25) is 0 Å². The number of halogens is 1.